The van der Waals surface area contributed by atoms with Crippen LogP contribution in [-0.4, -0.2) is 24.2 Å². The van der Waals surface area contributed by atoms with E-state index in [-0.39, 0.29) is 0 Å². The van der Waals surface area contributed by atoms with E-state index in [4.69, 9.17) is 4.74 Å². The van der Waals surface area contributed by atoms with E-state index in [9.17, 15) is 0 Å². The lowest BCUT2D eigenvalue weighted by Crippen LogP contribution is -2.30. The molecule has 2 aromatic rings. The van der Waals surface area contributed by atoms with Gasteiger partial charge in [-0.25, -0.2) is 0 Å². The highest BCUT2D eigenvalue weighted by atomic mass is 16.5. The van der Waals surface area contributed by atoms with Crippen LogP contribution in [0.5, 0.6) is 5.75 Å². The van der Waals surface area contributed by atoms with Gasteiger partial charge in [-0.3, -0.25) is 4.98 Å². The molecule has 0 aliphatic rings. The Bertz CT molecular complexity index is 536. The molecule has 0 saturated heterocycles. The van der Waals surface area contributed by atoms with Gasteiger partial charge in [0.05, 0.1) is 0 Å². The number of unbranched alkanes of at least 4 members (excludes halogenated alkanes) is 2. The first-order valence-electron chi connectivity index (χ1n) is 8.01. The van der Waals surface area contributed by atoms with E-state index >= 15 is 0 Å². The van der Waals surface area contributed by atoms with Crippen molar-refractivity contribution < 1.29 is 4.74 Å². The van der Waals surface area contributed by atoms with Crippen LogP contribution in [0.4, 0.5) is 0 Å². The number of fused-ring (bicyclic) bond motifs is 1. The molecule has 114 valence electrons. The second kappa shape index (κ2) is 8.63. The molecule has 1 aromatic carbocycles. The van der Waals surface area contributed by atoms with E-state index in [1.54, 1.807) is 0 Å². The third-order valence-corrected chi connectivity index (χ3v) is 3.69. The van der Waals surface area contributed by atoms with E-state index in [1.165, 1.54) is 25.7 Å². The molecule has 0 radical (unpaired) electrons. The van der Waals surface area contributed by atoms with Crippen LogP contribution >= 0.6 is 0 Å². The number of ether oxygens (including phenoxy) is 1. The minimum atomic E-state index is 0.561. The number of hydrogen-bond donors (Lipinski definition) is 1. The molecule has 1 heterocycles. The number of aromatic nitrogens is 1. The van der Waals surface area contributed by atoms with Crippen molar-refractivity contribution in [2.24, 2.45) is 0 Å². The van der Waals surface area contributed by atoms with Crippen LogP contribution in [0.2, 0.25) is 0 Å². The van der Waals surface area contributed by atoms with Crippen LogP contribution in [0.3, 0.4) is 0 Å². The van der Waals surface area contributed by atoms with Crippen molar-refractivity contribution >= 4 is 10.9 Å². The number of nitrogens with zero attached hydrogens (tertiary/aromatic N) is 1. The molecule has 1 N–H and O–H groups in total. The zero-order chi connectivity index (χ0) is 14.9. The molecule has 21 heavy (non-hydrogen) atoms. The lowest BCUT2D eigenvalue weighted by atomic mass is 10.1. The Labute approximate surface area is 127 Å². The number of hydrogen-bond acceptors (Lipinski definition) is 3. The molecule has 1 aromatic heterocycles. The van der Waals surface area contributed by atoms with Crippen molar-refractivity contribution in [1.29, 1.82) is 0 Å². The van der Waals surface area contributed by atoms with Gasteiger partial charge in [-0.15, -0.1) is 0 Å². The Hall–Kier alpha value is -1.61. The maximum atomic E-state index is 5.87. The van der Waals surface area contributed by atoms with Gasteiger partial charge in [0.25, 0.3) is 0 Å². The van der Waals surface area contributed by atoms with Crippen LogP contribution in [0.1, 0.15) is 39.5 Å². The van der Waals surface area contributed by atoms with Crippen LogP contribution in [0.25, 0.3) is 10.9 Å². The highest BCUT2D eigenvalue weighted by molar-refractivity contribution is 5.84. The lowest BCUT2D eigenvalue weighted by molar-refractivity contribution is 0.307. The predicted molar refractivity (Wildman–Crippen MR) is 88.8 cm³/mol. The highest BCUT2D eigenvalue weighted by Crippen LogP contribution is 2.22. The summed E-state index contributed by atoms with van der Waals surface area (Å²) in [5.41, 5.74) is 0.941. The number of para-hydroxylation sites is 1. The molecule has 0 aliphatic heterocycles. The van der Waals surface area contributed by atoms with E-state index in [2.05, 4.69) is 36.3 Å². The third kappa shape index (κ3) is 5.01. The highest BCUT2D eigenvalue weighted by Gasteiger charge is 2.03. The second-order valence-electron chi connectivity index (χ2n) is 5.53. The fourth-order valence-corrected chi connectivity index (χ4v) is 2.46. The number of rotatable bonds is 9. The molecule has 0 saturated carbocycles. The van der Waals surface area contributed by atoms with Crippen molar-refractivity contribution in [1.82, 2.24) is 10.3 Å². The quantitative estimate of drug-likeness (QED) is 0.702. The van der Waals surface area contributed by atoms with Gasteiger partial charge in [0.2, 0.25) is 0 Å². The van der Waals surface area contributed by atoms with Crippen molar-refractivity contribution in [2.45, 2.75) is 45.6 Å². The first-order valence-corrected chi connectivity index (χ1v) is 8.01. The summed E-state index contributed by atoms with van der Waals surface area (Å²) in [5.74, 6) is 0.869. The normalized spacial score (nSPS) is 12.5. The minimum absolute atomic E-state index is 0.561. The second-order valence-corrected chi connectivity index (χ2v) is 5.53. The summed E-state index contributed by atoms with van der Waals surface area (Å²) in [6.45, 7) is 6.03. The first-order chi connectivity index (χ1) is 10.3. The maximum absolute atomic E-state index is 5.87. The van der Waals surface area contributed by atoms with Crippen molar-refractivity contribution in [3.63, 3.8) is 0 Å². The van der Waals surface area contributed by atoms with Crippen LogP contribution in [0, 0.1) is 0 Å². The van der Waals surface area contributed by atoms with E-state index in [0.29, 0.717) is 12.6 Å². The zero-order valence-electron chi connectivity index (χ0n) is 13.1. The number of nitrogens with one attached hydrogen (secondary N) is 1. The molecular weight excluding hydrogens is 260 g/mol. The van der Waals surface area contributed by atoms with Crippen molar-refractivity contribution in [3.05, 3.63) is 36.5 Å². The summed E-state index contributed by atoms with van der Waals surface area (Å²) in [5, 5.41) is 4.64. The fourth-order valence-electron chi connectivity index (χ4n) is 2.46. The Kier molecular flexibility index (Phi) is 6.48. The fraction of sp³-hybridized carbons (Fsp3) is 0.500. The molecule has 0 bridgehead atoms. The van der Waals surface area contributed by atoms with Gasteiger partial charge in [-0.1, -0.05) is 44.4 Å². The van der Waals surface area contributed by atoms with E-state index < -0.39 is 0 Å². The smallest absolute Gasteiger partial charge is 0.145 e. The van der Waals surface area contributed by atoms with Crippen LogP contribution in [0.15, 0.2) is 36.5 Å². The average molecular weight is 286 g/mol. The van der Waals surface area contributed by atoms with Crippen molar-refractivity contribution in [3.8, 4) is 5.75 Å². The molecule has 0 aliphatic carbocycles. The van der Waals surface area contributed by atoms with Gasteiger partial charge < -0.3 is 10.1 Å². The van der Waals surface area contributed by atoms with Crippen LogP contribution < -0.4 is 10.1 Å². The van der Waals surface area contributed by atoms with Gasteiger partial charge in [0.15, 0.2) is 0 Å². The monoisotopic (exact) mass is 286 g/mol. The van der Waals surface area contributed by atoms with Crippen molar-refractivity contribution in [2.75, 3.05) is 13.2 Å². The van der Waals surface area contributed by atoms with Gasteiger partial charge in [0, 0.05) is 24.2 Å². The van der Waals surface area contributed by atoms with Gasteiger partial charge in [-0.05, 0) is 25.5 Å². The molecule has 1 unspecified atom stereocenters. The molecule has 3 heteroatoms. The summed E-state index contributed by atoms with van der Waals surface area (Å²) in [6.07, 6.45) is 6.96. The summed E-state index contributed by atoms with van der Waals surface area (Å²) < 4.78 is 5.87. The molecule has 0 spiro atoms. The third-order valence-electron chi connectivity index (χ3n) is 3.69. The summed E-state index contributed by atoms with van der Waals surface area (Å²) in [7, 11) is 0. The topological polar surface area (TPSA) is 34.1 Å². The molecule has 0 amide bonds. The maximum Gasteiger partial charge on any atom is 0.145 e. The summed E-state index contributed by atoms with van der Waals surface area (Å²) in [4.78, 5) is 4.40. The SMILES string of the molecule is CCCCCC(C)NCCOc1cccc2cccnc12. The van der Waals surface area contributed by atoms with Gasteiger partial charge in [-0.2, -0.15) is 0 Å². The summed E-state index contributed by atoms with van der Waals surface area (Å²) >= 11 is 0. The van der Waals surface area contributed by atoms with Gasteiger partial charge in [0.1, 0.15) is 17.9 Å². The predicted octanol–water partition coefficient (Wildman–Crippen LogP) is 4.17. The van der Waals surface area contributed by atoms with E-state index in [0.717, 1.165) is 23.2 Å². The molecule has 1 atom stereocenters. The van der Waals surface area contributed by atoms with Crippen LogP contribution in [-0.2, 0) is 0 Å². The molecule has 3 nitrogen and oxygen atoms in total. The zero-order valence-corrected chi connectivity index (χ0v) is 13.1. The Morgan fingerprint density at radius 2 is 2.05 bits per heavy atom. The van der Waals surface area contributed by atoms with E-state index in [1.807, 2.05) is 24.4 Å². The number of pyridine rings is 1. The molecule has 0 fully saturated rings. The summed E-state index contributed by atoms with van der Waals surface area (Å²) in [6, 6.07) is 10.6. The first kappa shape index (κ1) is 15.8. The molecular formula is C18H26N2O. The van der Waals surface area contributed by atoms with Gasteiger partial charge >= 0.3 is 0 Å². The standard InChI is InChI=1S/C18H26N2O/c1-3-4-5-8-15(2)19-13-14-21-17-11-6-9-16-10-7-12-20-18(16)17/h6-7,9-12,15,19H,3-5,8,13-14H2,1-2H3. The largest absolute Gasteiger partial charge is 0.490 e. The Morgan fingerprint density at radius 1 is 1.19 bits per heavy atom. The Balaban J connectivity index is 1.75. The Morgan fingerprint density at radius 3 is 2.90 bits per heavy atom. The number of benzene rings is 1. The average Bonchev–Trinajstić information content (AvgIpc) is 2.52. The lowest BCUT2D eigenvalue weighted by Gasteiger charge is -2.14. The minimum Gasteiger partial charge on any atom is -0.490 e. The molecule has 2 rings (SSSR count).